The van der Waals surface area contributed by atoms with Crippen LogP contribution in [-0.2, 0) is 12.8 Å². The van der Waals surface area contributed by atoms with Gasteiger partial charge in [-0.1, -0.05) is 208 Å². The molecule has 0 saturated heterocycles. The van der Waals surface area contributed by atoms with Crippen LogP contribution in [0.4, 0.5) is 0 Å². The van der Waals surface area contributed by atoms with E-state index >= 15 is 0 Å². The van der Waals surface area contributed by atoms with Gasteiger partial charge in [-0.2, -0.15) is 0 Å². The molecule has 0 heterocycles. The minimum atomic E-state index is 0.566. The van der Waals surface area contributed by atoms with Gasteiger partial charge >= 0.3 is 0 Å². The topological polar surface area (TPSA) is 0 Å². The van der Waals surface area contributed by atoms with E-state index in [2.05, 4.69) is 220 Å². The van der Waals surface area contributed by atoms with Gasteiger partial charge in [0.05, 0.1) is 0 Å². The molecular formula is C58H64. The number of benzene rings is 6. The first-order valence-electron chi connectivity index (χ1n) is 21.9. The quantitative estimate of drug-likeness (QED) is 0.168. The molecule has 3 unspecified atom stereocenters. The molecule has 4 aliphatic carbocycles. The highest BCUT2D eigenvalue weighted by Crippen LogP contribution is 2.42. The lowest BCUT2D eigenvalue weighted by Gasteiger charge is -2.31. The van der Waals surface area contributed by atoms with Crippen molar-refractivity contribution in [1.82, 2.24) is 0 Å². The van der Waals surface area contributed by atoms with E-state index in [1.807, 2.05) is 0 Å². The summed E-state index contributed by atoms with van der Waals surface area (Å²) in [4.78, 5) is 0. The van der Waals surface area contributed by atoms with Crippen LogP contribution >= 0.6 is 0 Å². The van der Waals surface area contributed by atoms with Crippen molar-refractivity contribution in [1.29, 1.82) is 0 Å². The molecule has 0 saturated carbocycles. The van der Waals surface area contributed by atoms with Crippen LogP contribution in [0, 0.1) is 29.6 Å². The summed E-state index contributed by atoms with van der Waals surface area (Å²) in [5.41, 5.74) is 16.1. The van der Waals surface area contributed by atoms with E-state index in [1.54, 1.807) is 0 Å². The minimum absolute atomic E-state index is 0.566. The third-order valence-corrected chi connectivity index (χ3v) is 13.0. The normalized spacial score (nSPS) is 18.1. The molecule has 0 bridgehead atoms. The van der Waals surface area contributed by atoms with Gasteiger partial charge in [0.25, 0.3) is 0 Å². The van der Waals surface area contributed by atoms with Crippen molar-refractivity contribution in [3.8, 4) is 0 Å². The molecule has 6 aromatic rings. The molecule has 10 rings (SSSR count). The van der Waals surface area contributed by atoms with Crippen LogP contribution in [0.25, 0.3) is 28.5 Å². The summed E-state index contributed by atoms with van der Waals surface area (Å²) in [6.45, 7) is 22.5. The van der Waals surface area contributed by atoms with Gasteiger partial charge in [0.15, 0.2) is 0 Å². The highest BCUT2D eigenvalue weighted by atomic mass is 14.3. The van der Waals surface area contributed by atoms with Crippen LogP contribution < -0.4 is 0 Å². The van der Waals surface area contributed by atoms with E-state index < -0.39 is 0 Å². The fourth-order valence-corrected chi connectivity index (χ4v) is 9.76. The SMILES string of the molecule is C=C1c2ccccc2CC1C(C)C.CC(C)C1C=Cc2cc3ccccc3cc21.CC(C)C1C=Cc2ccccc21.CC(C)C1c2ccccc2Cc2ccccc21. The van der Waals surface area contributed by atoms with Crippen molar-refractivity contribution in [3.05, 3.63) is 208 Å². The molecule has 0 amide bonds. The second-order valence-electron chi connectivity index (χ2n) is 18.2. The molecule has 0 nitrogen and oxygen atoms in total. The molecule has 6 aromatic carbocycles. The summed E-state index contributed by atoms with van der Waals surface area (Å²) in [7, 11) is 0. The third kappa shape index (κ3) is 8.78. The van der Waals surface area contributed by atoms with Crippen molar-refractivity contribution >= 4 is 28.5 Å². The number of hydrogen-bond donors (Lipinski definition) is 0. The van der Waals surface area contributed by atoms with E-state index in [0.717, 1.165) is 6.42 Å². The lowest BCUT2D eigenvalue weighted by atomic mass is 9.73. The first kappa shape index (κ1) is 41.0. The third-order valence-electron chi connectivity index (χ3n) is 13.0. The summed E-state index contributed by atoms with van der Waals surface area (Å²) in [5, 5.41) is 2.70. The highest BCUT2D eigenvalue weighted by Gasteiger charge is 2.28. The van der Waals surface area contributed by atoms with Crippen molar-refractivity contribution in [2.24, 2.45) is 29.6 Å². The molecule has 0 N–H and O–H groups in total. The molecule has 0 heteroatoms. The van der Waals surface area contributed by atoms with Crippen molar-refractivity contribution in [2.45, 2.75) is 86.0 Å². The first-order valence-corrected chi connectivity index (χ1v) is 21.9. The average Bonchev–Trinajstić information content (AvgIpc) is 3.95. The zero-order chi connectivity index (χ0) is 40.9. The van der Waals surface area contributed by atoms with Crippen LogP contribution in [-0.4, -0.2) is 0 Å². The van der Waals surface area contributed by atoms with E-state index in [-0.39, 0.29) is 0 Å². The number of rotatable bonds is 4. The van der Waals surface area contributed by atoms with Crippen LogP contribution in [0.1, 0.15) is 129 Å². The molecule has 3 atom stereocenters. The Bertz CT molecular complexity index is 2370. The highest BCUT2D eigenvalue weighted by molar-refractivity contribution is 5.87. The van der Waals surface area contributed by atoms with Gasteiger partial charge in [0, 0.05) is 17.8 Å². The van der Waals surface area contributed by atoms with Gasteiger partial charge in [-0.05, 0) is 127 Å². The number of allylic oxidation sites excluding steroid dienone is 3. The van der Waals surface area contributed by atoms with E-state index in [0.29, 0.717) is 47.3 Å². The lowest BCUT2D eigenvalue weighted by Crippen LogP contribution is -2.17. The fourth-order valence-electron chi connectivity index (χ4n) is 9.76. The Morgan fingerprint density at radius 3 is 1.50 bits per heavy atom. The van der Waals surface area contributed by atoms with Gasteiger partial charge in [-0.15, -0.1) is 0 Å². The second-order valence-corrected chi connectivity index (χ2v) is 18.2. The maximum Gasteiger partial charge on any atom is 0.0118 e. The molecule has 0 aliphatic heterocycles. The van der Waals surface area contributed by atoms with Crippen molar-refractivity contribution in [3.63, 3.8) is 0 Å². The standard InChI is InChI=1S/C17H18.C16H16.C13H16.C12H14/c1-12(2)17-15-9-5-3-7-13(15)11-14-8-4-6-10-16(14)17;1-11(2)15-8-7-14-9-12-5-3-4-6-13(12)10-16(14)15;1-9(2)13-8-11-6-4-5-7-12(11)10(13)3;1-9(2)11-8-7-10-5-3-4-6-12(10)11/h3-10,12,17H,11H2,1-2H3;3-11,15H,1-2H3;4-7,9,13H,3,8H2,1-2H3;3-9,11H,1-2H3. The largest absolute Gasteiger partial charge is 0.0949 e. The van der Waals surface area contributed by atoms with E-state index in [9.17, 15) is 0 Å². The predicted molar refractivity (Wildman–Crippen MR) is 253 cm³/mol. The monoisotopic (exact) mass is 761 g/mol. The predicted octanol–water partition coefficient (Wildman–Crippen LogP) is 16.0. The Kier molecular flexibility index (Phi) is 12.8. The molecular weight excluding hydrogens is 697 g/mol. The van der Waals surface area contributed by atoms with Gasteiger partial charge in [0.1, 0.15) is 0 Å². The van der Waals surface area contributed by atoms with E-state index in [4.69, 9.17) is 0 Å². The molecule has 0 spiro atoms. The van der Waals surface area contributed by atoms with Crippen molar-refractivity contribution < 1.29 is 0 Å². The average molecular weight is 761 g/mol. The molecule has 58 heavy (non-hydrogen) atoms. The van der Waals surface area contributed by atoms with Crippen LogP contribution in [0.2, 0.25) is 0 Å². The van der Waals surface area contributed by atoms with E-state index in [1.165, 1.54) is 78.4 Å². The molecule has 0 fully saturated rings. The van der Waals surface area contributed by atoms with Gasteiger partial charge in [-0.25, -0.2) is 0 Å². The number of hydrogen-bond acceptors (Lipinski definition) is 0. The Morgan fingerprint density at radius 2 is 0.931 bits per heavy atom. The smallest absolute Gasteiger partial charge is 0.0118 e. The maximum absolute atomic E-state index is 4.20. The Labute approximate surface area is 350 Å². The van der Waals surface area contributed by atoms with Gasteiger partial charge in [-0.3, -0.25) is 0 Å². The summed E-state index contributed by atoms with van der Waals surface area (Å²) < 4.78 is 0. The summed E-state index contributed by atoms with van der Waals surface area (Å²) in [5.74, 6) is 5.22. The molecule has 4 aliphatic rings. The van der Waals surface area contributed by atoms with Gasteiger partial charge in [0.2, 0.25) is 0 Å². The maximum atomic E-state index is 4.20. The Hall–Kier alpha value is -5.20. The van der Waals surface area contributed by atoms with Gasteiger partial charge < -0.3 is 0 Å². The zero-order valence-corrected chi connectivity index (χ0v) is 36.3. The summed E-state index contributed by atoms with van der Waals surface area (Å²) in [6.07, 6.45) is 11.4. The molecule has 0 radical (unpaired) electrons. The minimum Gasteiger partial charge on any atom is -0.0949 e. The fraction of sp³-hybridized carbons (Fsp3) is 0.310. The lowest BCUT2D eigenvalue weighted by molar-refractivity contribution is 0.491. The molecule has 296 valence electrons. The number of fused-ring (bicyclic) bond motifs is 6. The van der Waals surface area contributed by atoms with Crippen LogP contribution in [0.15, 0.2) is 152 Å². The zero-order valence-electron chi connectivity index (χ0n) is 36.3. The van der Waals surface area contributed by atoms with Crippen LogP contribution in [0.5, 0.6) is 0 Å². The summed E-state index contributed by atoms with van der Waals surface area (Å²) >= 11 is 0. The first-order chi connectivity index (χ1) is 28.0. The summed E-state index contributed by atoms with van der Waals surface area (Å²) in [6, 6.07) is 48.4. The second kappa shape index (κ2) is 18.2. The molecule has 0 aromatic heterocycles. The Morgan fingerprint density at radius 1 is 0.448 bits per heavy atom. The van der Waals surface area contributed by atoms with Crippen molar-refractivity contribution in [2.75, 3.05) is 0 Å². The van der Waals surface area contributed by atoms with Crippen LogP contribution in [0.3, 0.4) is 0 Å². The Balaban J connectivity index is 0.000000119.